The lowest BCUT2D eigenvalue weighted by molar-refractivity contribution is -0.136. The maximum Gasteiger partial charge on any atom is 0.414 e. The van der Waals surface area contributed by atoms with Crippen LogP contribution in [0.15, 0.2) is 18.2 Å². The van der Waals surface area contributed by atoms with Gasteiger partial charge in [-0.25, -0.2) is 9.18 Å². The molecule has 8 nitrogen and oxygen atoms in total. The fraction of sp³-hybridized carbons (Fsp3) is 0.609. The number of likely N-dealkylation sites (tertiary alicyclic amines) is 1. The fourth-order valence-corrected chi connectivity index (χ4v) is 5.23. The highest BCUT2D eigenvalue weighted by Crippen LogP contribution is 2.39. The van der Waals surface area contributed by atoms with Gasteiger partial charge in [0.2, 0.25) is 11.8 Å². The lowest BCUT2D eigenvalue weighted by Crippen LogP contribution is -2.49. The second kappa shape index (κ2) is 8.26. The average molecular weight is 445 g/mol. The molecule has 3 heterocycles. The predicted molar refractivity (Wildman–Crippen MR) is 116 cm³/mol. The first-order valence-electron chi connectivity index (χ1n) is 11.5. The van der Waals surface area contributed by atoms with E-state index in [1.165, 1.54) is 17.9 Å². The Labute approximate surface area is 186 Å². The van der Waals surface area contributed by atoms with Crippen molar-refractivity contribution in [3.8, 4) is 0 Å². The summed E-state index contributed by atoms with van der Waals surface area (Å²) in [6.07, 6.45) is 3.05. The molecular weight excluding hydrogens is 415 g/mol. The first-order chi connectivity index (χ1) is 15.4. The molecule has 4 fully saturated rings. The Bertz CT molecular complexity index is 937. The van der Waals surface area contributed by atoms with Crippen LogP contribution in [0.5, 0.6) is 0 Å². The molecule has 3 saturated heterocycles. The smallest absolute Gasteiger partial charge is 0.414 e. The number of nitrogens with zero attached hydrogens (tertiary/aromatic N) is 3. The summed E-state index contributed by atoms with van der Waals surface area (Å²) in [5.74, 6) is 0.263. The lowest BCUT2D eigenvalue weighted by Gasteiger charge is -2.37. The van der Waals surface area contributed by atoms with Crippen LogP contribution in [0.4, 0.5) is 20.6 Å². The van der Waals surface area contributed by atoms with Crippen molar-refractivity contribution in [3.63, 3.8) is 0 Å². The molecule has 32 heavy (non-hydrogen) atoms. The molecule has 3 amide bonds. The molecule has 0 bridgehead atoms. The molecule has 3 aliphatic heterocycles. The maximum atomic E-state index is 15.1. The van der Waals surface area contributed by atoms with E-state index in [1.54, 1.807) is 12.1 Å². The van der Waals surface area contributed by atoms with Crippen molar-refractivity contribution in [2.75, 3.05) is 42.5 Å². The number of hydrogen-bond acceptors (Lipinski definition) is 5. The molecule has 5 rings (SSSR count). The van der Waals surface area contributed by atoms with E-state index in [4.69, 9.17) is 4.74 Å². The highest BCUT2D eigenvalue weighted by Gasteiger charge is 2.45. The van der Waals surface area contributed by atoms with Crippen LogP contribution in [-0.2, 0) is 14.3 Å². The Balaban J connectivity index is 1.27. The van der Waals surface area contributed by atoms with Crippen molar-refractivity contribution in [1.82, 2.24) is 10.2 Å². The summed E-state index contributed by atoms with van der Waals surface area (Å²) in [6.45, 7) is 4.07. The lowest BCUT2D eigenvalue weighted by atomic mass is 9.92. The highest BCUT2D eigenvalue weighted by molar-refractivity contribution is 5.90. The summed E-state index contributed by atoms with van der Waals surface area (Å²) in [5.41, 5.74) is 0.938. The van der Waals surface area contributed by atoms with Gasteiger partial charge in [-0.05, 0) is 49.8 Å². The van der Waals surface area contributed by atoms with Crippen LogP contribution in [0.1, 0.15) is 32.6 Å². The maximum absolute atomic E-state index is 15.1. The number of hydrogen-bond donors (Lipinski definition) is 1. The van der Waals surface area contributed by atoms with E-state index in [-0.39, 0.29) is 42.7 Å². The van der Waals surface area contributed by atoms with Crippen molar-refractivity contribution in [2.45, 2.75) is 44.8 Å². The van der Waals surface area contributed by atoms with E-state index >= 15 is 4.39 Å². The second-order valence-corrected chi connectivity index (χ2v) is 9.37. The van der Waals surface area contributed by atoms with Gasteiger partial charge < -0.3 is 19.9 Å². The number of cyclic esters (lactones) is 1. The van der Waals surface area contributed by atoms with Gasteiger partial charge in [-0.1, -0.05) is 0 Å². The van der Waals surface area contributed by atoms with Gasteiger partial charge in [-0.2, -0.15) is 0 Å². The Morgan fingerprint density at radius 1 is 1.19 bits per heavy atom. The van der Waals surface area contributed by atoms with Gasteiger partial charge >= 0.3 is 6.09 Å². The van der Waals surface area contributed by atoms with Gasteiger partial charge in [0.05, 0.1) is 30.5 Å². The van der Waals surface area contributed by atoms with Crippen molar-refractivity contribution < 1.29 is 23.5 Å². The fourth-order valence-electron chi connectivity index (χ4n) is 5.23. The molecule has 0 radical (unpaired) electrons. The molecule has 2 unspecified atom stereocenters. The predicted octanol–water partition coefficient (Wildman–Crippen LogP) is 2.12. The molecule has 172 valence electrons. The number of ether oxygens (including phenoxy) is 1. The summed E-state index contributed by atoms with van der Waals surface area (Å²) >= 11 is 0. The van der Waals surface area contributed by atoms with Gasteiger partial charge in [-0.3, -0.25) is 14.5 Å². The van der Waals surface area contributed by atoms with E-state index < -0.39 is 12.2 Å². The Morgan fingerprint density at radius 3 is 2.72 bits per heavy atom. The van der Waals surface area contributed by atoms with Gasteiger partial charge in [0.1, 0.15) is 11.9 Å². The molecule has 0 aromatic heterocycles. The Kier molecular flexibility index (Phi) is 5.43. The van der Waals surface area contributed by atoms with Gasteiger partial charge in [0.25, 0.3) is 0 Å². The van der Waals surface area contributed by atoms with Crippen LogP contribution in [0, 0.1) is 17.7 Å². The summed E-state index contributed by atoms with van der Waals surface area (Å²) in [6, 6.07) is 4.96. The number of halogens is 1. The first kappa shape index (κ1) is 21.0. The minimum atomic E-state index is -0.547. The molecule has 0 spiro atoms. The SMILES string of the molecule is CC(=O)NCC1CN(c2ccc(N3CC4CCCN(C(=O)C5CC5)[C@H]4C3)c(F)c2)C(=O)O1. The van der Waals surface area contributed by atoms with Crippen LogP contribution in [-0.4, -0.2) is 67.7 Å². The number of rotatable bonds is 5. The normalized spacial score (nSPS) is 27.4. The zero-order valence-corrected chi connectivity index (χ0v) is 18.3. The standard InChI is InChI=1S/C23H29FN4O4/c1-14(29)25-10-18-12-28(23(31)32-18)17-6-7-20(19(24)9-17)26-11-16-3-2-8-27(21(16)13-26)22(30)15-4-5-15/h6-7,9,15-16,18,21H,2-5,8,10-13H2,1H3,(H,25,29)/t16?,18?,21-/m0/s1. The third kappa shape index (κ3) is 4.00. The quantitative estimate of drug-likeness (QED) is 0.753. The summed E-state index contributed by atoms with van der Waals surface area (Å²) in [7, 11) is 0. The number of piperidine rings is 1. The van der Waals surface area contributed by atoms with E-state index in [2.05, 4.69) is 5.32 Å². The molecule has 9 heteroatoms. The summed E-state index contributed by atoms with van der Waals surface area (Å²) < 4.78 is 20.4. The zero-order valence-electron chi connectivity index (χ0n) is 18.3. The van der Waals surface area contributed by atoms with E-state index in [9.17, 15) is 14.4 Å². The average Bonchev–Trinajstić information content (AvgIpc) is 3.42. The minimum absolute atomic E-state index is 0.152. The summed E-state index contributed by atoms with van der Waals surface area (Å²) in [5, 5.41) is 2.63. The third-order valence-corrected chi connectivity index (χ3v) is 7.03. The van der Waals surface area contributed by atoms with E-state index in [0.717, 1.165) is 38.8 Å². The number of anilines is 2. The Hall–Kier alpha value is -2.84. The van der Waals surface area contributed by atoms with Crippen molar-refractivity contribution in [3.05, 3.63) is 24.0 Å². The van der Waals surface area contributed by atoms with Gasteiger partial charge in [-0.15, -0.1) is 0 Å². The summed E-state index contributed by atoms with van der Waals surface area (Å²) in [4.78, 5) is 41.5. The number of carbonyl (C=O) groups is 3. The number of amides is 3. The molecule has 1 saturated carbocycles. The first-order valence-corrected chi connectivity index (χ1v) is 11.5. The van der Waals surface area contributed by atoms with Crippen molar-refractivity contribution in [1.29, 1.82) is 0 Å². The van der Waals surface area contributed by atoms with Crippen LogP contribution in [0.2, 0.25) is 0 Å². The van der Waals surface area contributed by atoms with E-state index in [0.29, 0.717) is 23.8 Å². The van der Waals surface area contributed by atoms with E-state index in [1.807, 2.05) is 9.80 Å². The minimum Gasteiger partial charge on any atom is -0.442 e. The van der Waals surface area contributed by atoms with Crippen molar-refractivity contribution >= 4 is 29.3 Å². The number of carbonyl (C=O) groups excluding carboxylic acids is 3. The Morgan fingerprint density at radius 2 is 2.00 bits per heavy atom. The molecule has 4 aliphatic rings. The second-order valence-electron chi connectivity index (χ2n) is 9.37. The number of fused-ring (bicyclic) bond motifs is 1. The molecule has 1 N–H and O–H groups in total. The van der Waals surface area contributed by atoms with Crippen LogP contribution >= 0.6 is 0 Å². The number of benzene rings is 1. The molecule has 1 aromatic rings. The topological polar surface area (TPSA) is 82.2 Å². The largest absolute Gasteiger partial charge is 0.442 e. The molecule has 1 aromatic carbocycles. The van der Waals surface area contributed by atoms with Gasteiger partial charge in [0, 0.05) is 32.5 Å². The van der Waals surface area contributed by atoms with Crippen LogP contribution in [0.3, 0.4) is 0 Å². The zero-order chi connectivity index (χ0) is 22.4. The third-order valence-electron chi connectivity index (χ3n) is 7.03. The van der Waals surface area contributed by atoms with Crippen LogP contribution < -0.4 is 15.1 Å². The molecular formula is C23H29FN4O4. The number of nitrogens with one attached hydrogen (secondary N) is 1. The molecule has 1 aliphatic carbocycles. The van der Waals surface area contributed by atoms with Gasteiger partial charge in [0.15, 0.2) is 0 Å². The molecule has 3 atom stereocenters. The van der Waals surface area contributed by atoms with Crippen molar-refractivity contribution in [2.24, 2.45) is 11.8 Å². The highest BCUT2D eigenvalue weighted by atomic mass is 19.1. The monoisotopic (exact) mass is 444 g/mol. The van der Waals surface area contributed by atoms with Crippen LogP contribution in [0.25, 0.3) is 0 Å².